The van der Waals surface area contributed by atoms with Gasteiger partial charge in [-0.15, -0.1) is 0 Å². The van der Waals surface area contributed by atoms with Gasteiger partial charge in [0.05, 0.1) is 12.5 Å². The van der Waals surface area contributed by atoms with Crippen LogP contribution in [0.1, 0.15) is 30.4 Å². The lowest BCUT2D eigenvalue weighted by molar-refractivity contribution is -0.115. The normalized spacial score (nSPS) is 13.1. The van der Waals surface area contributed by atoms with E-state index in [9.17, 15) is 4.79 Å². The molecule has 0 aliphatic carbocycles. The van der Waals surface area contributed by atoms with Crippen molar-refractivity contribution < 1.29 is 4.79 Å². The van der Waals surface area contributed by atoms with E-state index in [0.717, 1.165) is 30.5 Å². The third-order valence-electron chi connectivity index (χ3n) is 2.80. The minimum atomic E-state index is 0.0802. The number of nitrogens with one attached hydrogen (secondary N) is 1. The number of nitrogens with zero attached hydrogens (tertiary/aromatic N) is 1. The minimum Gasteiger partial charge on any atom is -0.326 e. The first kappa shape index (κ1) is 10.7. The van der Waals surface area contributed by atoms with E-state index in [0.29, 0.717) is 12.8 Å². The molecule has 0 radical (unpaired) electrons. The second-order valence-electron chi connectivity index (χ2n) is 4.08. The van der Waals surface area contributed by atoms with E-state index in [1.54, 1.807) is 0 Å². The van der Waals surface area contributed by atoms with Gasteiger partial charge in [-0.25, -0.2) is 0 Å². The highest BCUT2D eigenvalue weighted by atomic mass is 16.1. The molecule has 3 nitrogen and oxygen atoms in total. The van der Waals surface area contributed by atoms with Crippen LogP contribution in [-0.4, -0.2) is 5.91 Å². The molecular weight excluding hydrogens is 200 g/mol. The number of anilines is 1. The van der Waals surface area contributed by atoms with Crippen LogP contribution in [-0.2, 0) is 17.6 Å². The van der Waals surface area contributed by atoms with Crippen molar-refractivity contribution in [1.29, 1.82) is 5.26 Å². The Bertz CT molecular complexity index is 446. The molecule has 3 heteroatoms. The monoisotopic (exact) mass is 214 g/mol. The van der Waals surface area contributed by atoms with Crippen molar-refractivity contribution in [1.82, 2.24) is 0 Å². The highest BCUT2D eigenvalue weighted by molar-refractivity contribution is 5.99. The van der Waals surface area contributed by atoms with Gasteiger partial charge in [0.2, 0.25) is 5.91 Å². The molecule has 0 saturated heterocycles. The quantitative estimate of drug-likeness (QED) is 0.782. The third kappa shape index (κ3) is 2.40. The molecule has 82 valence electrons. The zero-order chi connectivity index (χ0) is 11.4. The number of hydrogen-bond donors (Lipinski definition) is 1. The first-order valence-corrected chi connectivity index (χ1v) is 5.58. The lowest BCUT2D eigenvalue weighted by Gasteiger charge is -2.03. The molecule has 1 amide bonds. The predicted molar refractivity (Wildman–Crippen MR) is 61.9 cm³/mol. The molecule has 16 heavy (non-hydrogen) atoms. The molecule has 2 rings (SSSR count). The number of benzene rings is 1. The van der Waals surface area contributed by atoms with Gasteiger partial charge in [0.1, 0.15) is 0 Å². The van der Waals surface area contributed by atoms with Gasteiger partial charge >= 0.3 is 0 Å². The van der Waals surface area contributed by atoms with Crippen molar-refractivity contribution in [2.75, 3.05) is 5.32 Å². The average Bonchev–Trinajstić information content (AvgIpc) is 2.64. The molecule has 1 N–H and O–H groups in total. The molecule has 0 saturated carbocycles. The smallest absolute Gasteiger partial charge is 0.228 e. The molecule has 1 aromatic rings. The van der Waals surface area contributed by atoms with Crippen LogP contribution in [0.4, 0.5) is 5.69 Å². The second kappa shape index (κ2) is 4.80. The van der Waals surface area contributed by atoms with Crippen LogP contribution in [0.5, 0.6) is 0 Å². The summed E-state index contributed by atoms with van der Waals surface area (Å²) in [5.74, 6) is 0.0802. The Morgan fingerprint density at radius 2 is 2.25 bits per heavy atom. The van der Waals surface area contributed by atoms with Crippen LogP contribution >= 0.6 is 0 Å². The van der Waals surface area contributed by atoms with Crippen LogP contribution in [0.3, 0.4) is 0 Å². The number of unbranched alkanes of at least 4 members (excludes halogenated alkanes) is 2. The summed E-state index contributed by atoms with van der Waals surface area (Å²) in [5, 5.41) is 11.2. The summed E-state index contributed by atoms with van der Waals surface area (Å²) in [6, 6.07) is 8.27. The SMILES string of the molecule is N#CCCCCc1ccc2c(c1)CC(=O)N2. The van der Waals surface area contributed by atoms with Gasteiger partial charge < -0.3 is 5.32 Å². The Morgan fingerprint density at radius 1 is 1.38 bits per heavy atom. The molecule has 0 spiro atoms. The zero-order valence-electron chi connectivity index (χ0n) is 9.12. The van der Waals surface area contributed by atoms with E-state index in [1.807, 2.05) is 6.07 Å². The van der Waals surface area contributed by atoms with Crippen LogP contribution < -0.4 is 5.32 Å². The standard InChI is InChI=1S/C13H14N2O/c14-7-3-1-2-4-10-5-6-12-11(8-10)9-13(16)15-12/h5-6,8H,1-4,9H2,(H,15,16). The molecule has 0 fully saturated rings. The van der Waals surface area contributed by atoms with Crippen molar-refractivity contribution in [2.45, 2.75) is 32.1 Å². The molecular formula is C13H14N2O. The van der Waals surface area contributed by atoms with Gasteiger partial charge in [0.15, 0.2) is 0 Å². The molecule has 1 aliphatic heterocycles. The molecule has 1 aliphatic rings. The van der Waals surface area contributed by atoms with Crippen LogP contribution in [0, 0.1) is 11.3 Å². The minimum absolute atomic E-state index is 0.0802. The number of rotatable bonds is 4. The maximum absolute atomic E-state index is 11.2. The van der Waals surface area contributed by atoms with Crippen LogP contribution in [0.25, 0.3) is 0 Å². The number of carbonyl (C=O) groups excluding carboxylic acids is 1. The molecule has 1 heterocycles. The van der Waals surface area contributed by atoms with E-state index in [1.165, 1.54) is 5.56 Å². The van der Waals surface area contributed by atoms with Gasteiger partial charge in [-0.1, -0.05) is 12.1 Å². The Morgan fingerprint density at radius 3 is 3.06 bits per heavy atom. The fourth-order valence-electron chi connectivity index (χ4n) is 1.97. The Labute approximate surface area is 95.1 Å². The maximum atomic E-state index is 11.2. The van der Waals surface area contributed by atoms with Gasteiger partial charge in [0.25, 0.3) is 0 Å². The van der Waals surface area contributed by atoms with Gasteiger partial charge in [-0.05, 0) is 36.5 Å². The summed E-state index contributed by atoms with van der Waals surface area (Å²) in [4.78, 5) is 11.2. The summed E-state index contributed by atoms with van der Waals surface area (Å²) in [6.07, 6.45) is 4.11. The average molecular weight is 214 g/mol. The number of hydrogen-bond acceptors (Lipinski definition) is 2. The molecule has 0 atom stereocenters. The van der Waals surface area contributed by atoms with E-state index in [4.69, 9.17) is 5.26 Å². The first-order chi connectivity index (χ1) is 7.79. The summed E-state index contributed by atoms with van der Waals surface area (Å²) >= 11 is 0. The molecule has 0 bridgehead atoms. The number of carbonyl (C=O) groups is 1. The number of aryl methyl sites for hydroxylation is 1. The summed E-state index contributed by atoms with van der Waals surface area (Å²) < 4.78 is 0. The van der Waals surface area contributed by atoms with Crippen molar-refractivity contribution in [2.24, 2.45) is 0 Å². The maximum Gasteiger partial charge on any atom is 0.228 e. The lowest BCUT2D eigenvalue weighted by Crippen LogP contribution is -2.03. The van der Waals surface area contributed by atoms with Crippen molar-refractivity contribution in [3.63, 3.8) is 0 Å². The first-order valence-electron chi connectivity index (χ1n) is 5.58. The van der Waals surface area contributed by atoms with Crippen molar-refractivity contribution >= 4 is 11.6 Å². The largest absolute Gasteiger partial charge is 0.326 e. The van der Waals surface area contributed by atoms with Gasteiger partial charge in [0, 0.05) is 12.1 Å². The predicted octanol–water partition coefficient (Wildman–Crippen LogP) is 2.42. The molecule has 1 aromatic carbocycles. The highest BCUT2D eigenvalue weighted by Gasteiger charge is 2.16. The summed E-state index contributed by atoms with van der Waals surface area (Å²) in [6.45, 7) is 0. The van der Waals surface area contributed by atoms with Crippen LogP contribution in [0.15, 0.2) is 18.2 Å². The van der Waals surface area contributed by atoms with Crippen molar-refractivity contribution in [3.05, 3.63) is 29.3 Å². The number of fused-ring (bicyclic) bond motifs is 1. The summed E-state index contributed by atoms with van der Waals surface area (Å²) in [7, 11) is 0. The second-order valence-corrected chi connectivity index (χ2v) is 4.08. The fourth-order valence-corrected chi connectivity index (χ4v) is 1.97. The number of amides is 1. The summed E-state index contributed by atoms with van der Waals surface area (Å²) in [5.41, 5.74) is 3.31. The van der Waals surface area contributed by atoms with E-state index in [2.05, 4.69) is 23.5 Å². The van der Waals surface area contributed by atoms with E-state index in [-0.39, 0.29) is 5.91 Å². The van der Waals surface area contributed by atoms with Gasteiger partial charge in [-0.3, -0.25) is 4.79 Å². The van der Waals surface area contributed by atoms with Crippen molar-refractivity contribution in [3.8, 4) is 6.07 Å². The Balaban J connectivity index is 1.95. The highest BCUT2D eigenvalue weighted by Crippen LogP contribution is 2.24. The zero-order valence-corrected chi connectivity index (χ0v) is 9.12. The number of nitriles is 1. The van der Waals surface area contributed by atoms with E-state index < -0.39 is 0 Å². The van der Waals surface area contributed by atoms with Gasteiger partial charge in [-0.2, -0.15) is 5.26 Å². The van der Waals surface area contributed by atoms with Crippen LogP contribution in [0.2, 0.25) is 0 Å². The third-order valence-corrected chi connectivity index (χ3v) is 2.80. The Kier molecular flexibility index (Phi) is 3.21. The molecule has 0 unspecified atom stereocenters. The topological polar surface area (TPSA) is 52.9 Å². The lowest BCUT2D eigenvalue weighted by atomic mass is 10.0. The molecule has 0 aromatic heterocycles. The van der Waals surface area contributed by atoms with E-state index >= 15 is 0 Å². The Hall–Kier alpha value is -1.82. The fraction of sp³-hybridized carbons (Fsp3) is 0.385.